The fourth-order valence-electron chi connectivity index (χ4n) is 2.39. The molecule has 0 saturated heterocycles. The second kappa shape index (κ2) is 4.91. The smallest absolute Gasteiger partial charge is 0.0998 e. The van der Waals surface area contributed by atoms with Gasteiger partial charge in [-0.25, -0.2) is 0 Å². The molecule has 0 unspecified atom stereocenters. The summed E-state index contributed by atoms with van der Waals surface area (Å²) in [5.74, 6) is 0. The normalized spacial score (nSPS) is 10.1. The Morgan fingerprint density at radius 2 is 1.80 bits per heavy atom. The van der Waals surface area contributed by atoms with Gasteiger partial charge in [-0.2, -0.15) is 10.5 Å². The van der Waals surface area contributed by atoms with E-state index in [0.29, 0.717) is 17.7 Å². The molecule has 0 aliphatic heterocycles. The predicted molar refractivity (Wildman–Crippen MR) is 76.9 cm³/mol. The van der Waals surface area contributed by atoms with Crippen molar-refractivity contribution in [3.8, 4) is 12.1 Å². The summed E-state index contributed by atoms with van der Waals surface area (Å²) < 4.78 is 2.09. The molecule has 1 aromatic heterocycles. The highest BCUT2D eigenvalue weighted by Gasteiger charge is 2.05. The number of benzene rings is 2. The van der Waals surface area contributed by atoms with Crippen LogP contribution in [0.3, 0.4) is 0 Å². The van der Waals surface area contributed by atoms with Crippen LogP contribution in [-0.4, -0.2) is 4.57 Å². The van der Waals surface area contributed by atoms with Gasteiger partial charge in [0.15, 0.2) is 0 Å². The molecule has 0 radical (unpaired) electrons. The van der Waals surface area contributed by atoms with E-state index < -0.39 is 0 Å². The van der Waals surface area contributed by atoms with Gasteiger partial charge in [-0.3, -0.25) is 0 Å². The van der Waals surface area contributed by atoms with Crippen LogP contribution in [0.4, 0.5) is 0 Å². The Kier molecular flexibility index (Phi) is 2.95. The molecule has 0 fully saturated rings. The quantitative estimate of drug-likeness (QED) is 0.706. The van der Waals surface area contributed by atoms with Crippen molar-refractivity contribution in [2.24, 2.45) is 0 Å². The lowest BCUT2D eigenvalue weighted by atomic mass is 10.1. The minimum atomic E-state index is 0.664. The number of aromatic nitrogens is 1. The van der Waals surface area contributed by atoms with Crippen LogP contribution in [0.1, 0.15) is 16.7 Å². The van der Waals surface area contributed by atoms with Crippen molar-refractivity contribution in [3.05, 3.63) is 71.4 Å². The molecule has 3 aromatic rings. The van der Waals surface area contributed by atoms with Crippen LogP contribution < -0.4 is 0 Å². The lowest BCUT2D eigenvalue weighted by Crippen LogP contribution is -1.98. The van der Waals surface area contributed by atoms with Crippen LogP contribution in [0.25, 0.3) is 10.9 Å². The van der Waals surface area contributed by atoms with E-state index in [-0.39, 0.29) is 0 Å². The molecule has 0 atom stereocenters. The third-order valence-corrected chi connectivity index (χ3v) is 3.34. The molecule has 0 aliphatic rings. The first kappa shape index (κ1) is 12.0. The summed E-state index contributed by atoms with van der Waals surface area (Å²) in [6.07, 6.45) is 1.98. The van der Waals surface area contributed by atoms with Gasteiger partial charge in [-0.15, -0.1) is 0 Å². The molecule has 0 aliphatic carbocycles. The Hall–Kier alpha value is -3.04. The third kappa shape index (κ3) is 2.02. The molecular formula is C17H11N3. The molecule has 3 rings (SSSR count). The highest BCUT2D eigenvalue weighted by Crippen LogP contribution is 2.21. The minimum Gasteiger partial charge on any atom is -0.343 e. The maximum atomic E-state index is 9.11. The van der Waals surface area contributed by atoms with E-state index in [1.54, 1.807) is 6.07 Å². The van der Waals surface area contributed by atoms with E-state index in [4.69, 9.17) is 10.5 Å². The summed E-state index contributed by atoms with van der Waals surface area (Å²) in [7, 11) is 0. The third-order valence-electron chi connectivity index (χ3n) is 3.34. The summed E-state index contributed by atoms with van der Waals surface area (Å²) in [5.41, 5.74) is 3.46. The molecule has 94 valence electrons. The van der Waals surface area contributed by atoms with E-state index in [0.717, 1.165) is 16.5 Å². The van der Waals surface area contributed by atoms with E-state index in [9.17, 15) is 0 Å². The van der Waals surface area contributed by atoms with Crippen LogP contribution >= 0.6 is 0 Å². The molecule has 0 N–H and O–H groups in total. The number of nitrogens with zero attached hydrogens (tertiary/aromatic N) is 3. The molecule has 0 spiro atoms. The summed E-state index contributed by atoms with van der Waals surface area (Å²) in [4.78, 5) is 0. The number of hydrogen-bond donors (Lipinski definition) is 0. The maximum Gasteiger partial charge on any atom is 0.0998 e. The Balaban J connectivity index is 2.04. The van der Waals surface area contributed by atoms with Crippen LogP contribution in [0.5, 0.6) is 0 Å². The van der Waals surface area contributed by atoms with Crippen molar-refractivity contribution < 1.29 is 0 Å². The van der Waals surface area contributed by atoms with Gasteiger partial charge < -0.3 is 4.57 Å². The topological polar surface area (TPSA) is 52.5 Å². The first-order valence-corrected chi connectivity index (χ1v) is 6.29. The maximum absolute atomic E-state index is 9.11. The Bertz CT molecular complexity index is 860. The average molecular weight is 257 g/mol. The van der Waals surface area contributed by atoms with Crippen molar-refractivity contribution in [2.75, 3.05) is 0 Å². The second-order valence-corrected chi connectivity index (χ2v) is 4.61. The van der Waals surface area contributed by atoms with Crippen molar-refractivity contribution in [1.82, 2.24) is 4.57 Å². The van der Waals surface area contributed by atoms with Gasteiger partial charge in [0.25, 0.3) is 0 Å². The Labute approximate surface area is 116 Å². The SMILES string of the molecule is N#Cc1cccc(Cn2ccc3c(C#N)cccc32)c1. The molecule has 3 nitrogen and oxygen atoms in total. The molecule has 20 heavy (non-hydrogen) atoms. The first-order chi connectivity index (χ1) is 9.81. The summed E-state index contributed by atoms with van der Waals surface area (Å²) in [6.45, 7) is 0.688. The number of nitriles is 2. The van der Waals surface area contributed by atoms with Crippen molar-refractivity contribution >= 4 is 10.9 Å². The van der Waals surface area contributed by atoms with E-state index in [2.05, 4.69) is 16.7 Å². The van der Waals surface area contributed by atoms with E-state index in [1.807, 2.05) is 48.7 Å². The molecule has 0 bridgehead atoms. The average Bonchev–Trinajstić information content (AvgIpc) is 2.90. The number of hydrogen-bond acceptors (Lipinski definition) is 2. The summed E-state index contributed by atoms with van der Waals surface area (Å²) in [6, 6.07) is 19.6. The van der Waals surface area contributed by atoms with Gasteiger partial charge in [0, 0.05) is 23.6 Å². The van der Waals surface area contributed by atoms with Crippen LogP contribution in [0, 0.1) is 22.7 Å². The fourth-order valence-corrected chi connectivity index (χ4v) is 2.39. The molecule has 0 amide bonds. The lowest BCUT2D eigenvalue weighted by Gasteiger charge is -2.06. The highest BCUT2D eigenvalue weighted by atomic mass is 14.9. The van der Waals surface area contributed by atoms with Gasteiger partial charge in [0.1, 0.15) is 0 Å². The fraction of sp³-hybridized carbons (Fsp3) is 0.0588. The van der Waals surface area contributed by atoms with Crippen molar-refractivity contribution in [2.45, 2.75) is 6.54 Å². The van der Waals surface area contributed by atoms with Crippen molar-refractivity contribution in [1.29, 1.82) is 10.5 Å². The Morgan fingerprint density at radius 1 is 0.950 bits per heavy atom. The standard InChI is InChI=1S/C17H11N3/c18-10-13-3-1-4-14(9-13)12-20-8-7-16-15(11-19)5-2-6-17(16)20/h1-9H,12H2. The monoisotopic (exact) mass is 257 g/mol. The Morgan fingerprint density at radius 3 is 2.60 bits per heavy atom. The van der Waals surface area contributed by atoms with Crippen LogP contribution in [-0.2, 0) is 6.54 Å². The summed E-state index contributed by atoms with van der Waals surface area (Å²) >= 11 is 0. The van der Waals surface area contributed by atoms with Gasteiger partial charge in [-0.05, 0) is 35.9 Å². The first-order valence-electron chi connectivity index (χ1n) is 6.29. The van der Waals surface area contributed by atoms with Gasteiger partial charge in [0.2, 0.25) is 0 Å². The molecule has 0 saturated carbocycles. The van der Waals surface area contributed by atoms with E-state index >= 15 is 0 Å². The second-order valence-electron chi connectivity index (χ2n) is 4.61. The van der Waals surface area contributed by atoms with E-state index in [1.165, 1.54) is 0 Å². The molecule has 2 aromatic carbocycles. The summed E-state index contributed by atoms with van der Waals surface area (Å²) in [5, 5.41) is 19.0. The van der Waals surface area contributed by atoms with Gasteiger partial charge >= 0.3 is 0 Å². The molecule has 3 heteroatoms. The highest BCUT2D eigenvalue weighted by molar-refractivity contribution is 5.86. The zero-order chi connectivity index (χ0) is 13.9. The van der Waals surface area contributed by atoms with Crippen LogP contribution in [0.15, 0.2) is 54.7 Å². The zero-order valence-electron chi connectivity index (χ0n) is 10.7. The van der Waals surface area contributed by atoms with Gasteiger partial charge in [0.05, 0.1) is 23.3 Å². The molecule has 1 heterocycles. The molecular weight excluding hydrogens is 246 g/mol. The lowest BCUT2D eigenvalue weighted by molar-refractivity contribution is 0.836. The number of rotatable bonds is 2. The predicted octanol–water partition coefficient (Wildman–Crippen LogP) is 3.43. The zero-order valence-corrected chi connectivity index (χ0v) is 10.7. The van der Waals surface area contributed by atoms with Crippen LogP contribution in [0.2, 0.25) is 0 Å². The number of fused-ring (bicyclic) bond motifs is 1. The van der Waals surface area contributed by atoms with Crippen molar-refractivity contribution in [3.63, 3.8) is 0 Å². The minimum absolute atomic E-state index is 0.664. The largest absolute Gasteiger partial charge is 0.343 e. The van der Waals surface area contributed by atoms with Gasteiger partial charge in [-0.1, -0.05) is 18.2 Å².